The quantitative estimate of drug-likeness (QED) is 0.839. The summed E-state index contributed by atoms with van der Waals surface area (Å²) in [7, 11) is 0. The molecule has 3 heteroatoms. The molecule has 2 aliphatic rings. The van der Waals surface area contributed by atoms with E-state index < -0.39 is 11.5 Å². The molecule has 104 valence electrons. The van der Waals surface area contributed by atoms with Gasteiger partial charge in [-0.15, -0.1) is 0 Å². The second-order valence-corrected chi connectivity index (χ2v) is 6.09. The van der Waals surface area contributed by atoms with Crippen LogP contribution in [0.5, 0.6) is 0 Å². The van der Waals surface area contributed by atoms with E-state index in [2.05, 4.69) is 11.8 Å². The molecular formula is C15H27NO2. The molecule has 2 rings (SSSR count). The van der Waals surface area contributed by atoms with Crippen LogP contribution in [0.4, 0.5) is 0 Å². The molecule has 0 aromatic heterocycles. The lowest BCUT2D eigenvalue weighted by atomic mass is 9.74. The Hall–Kier alpha value is -0.570. The van der Waals surface area contributed by atoms with Crippen molar-refractivity contribution < 1.29 is 9.90 Å². The molecule has 0 spiro atoms. The Labute approximate surface area is 111 Å². The average Bonchev–Trinajstić information content (AvgIpc) is 2.67. The van der Waals surface area contributed by atoms with E-state index >= 15 is 0 Å². The van der Waals surface area contributed by atoms with Gasteiger partial charge in [-0.1, -0.05) is 26.2 Å². The highest BCUT2D eigenvalue weighted by Crippen LogP contribution is 2.39. The van der Waals surface area contributed by atoms with Crippen molar-refractivity contribution in [2.45, 2.75) is 70.3 Å². The third kappa shape index (κ3) is 2.71. The summed E-state index contributed by atoms with van der Waals surface area (Å²) in [5.74, 6) is 0.184. The van der Waals surface area contributed by atoms with Gasteiger partial charge in [-0.25, -0.2) is 0 Å². The molecule has 3 nitrogen and oxygen atoms in total. The smallest absolute Gasteiger partial charge is 0.324 e. The van der Waals surface area contributed by atoms with E-state index in [1.165, 1.54) is 32.1 Å². The molecule has 2 fully saturated rings. The molecule has 0 amide bonds. The maximum atomic E-state index is 11.8. The first-order valence-corrected chi connectivity index (χ1v) is 7.67. The van der Waals surface area contributed by atoms with Crippen molar-refractivity contribution >= 4 is 5.97 Å². The molecule has 0 radical (unpaired) electrons. The van der Waals surface area contributed by atoms with Crippen LogP contribution >= 0.6 is 0 Å². The van der Waals surface area contributed by atoms with Gasteiger partial charge in [0.15, 0.2) is 0 Å². The minimum atomic E-state index is -0.570. The highest BCUT2D eigenvalue weighted by atomic mass is 16.4. The summed E-state index contributed by atoms with van der Waals surface area (Å²) in [6, 6.07) is 0. The molecule has 1 saturated heterocycles. The first-order chi connectivity index (χ1) is 8.69. The zero-order chi connectivity index (χ0) is 13.0. The number of hydrogen-bond acceptors (Lipinski definition) is 2. The van der Waals surface area contributed by atoms with Gasteiger partial charge in [-0.05, 0) is 57.5 Å². The molecule has 0 aromatic rings. The first kappa shape index (κ1) is 13.9. The molecule has 1 aliphatic carbocycles. The lowest BCUT2D eigenvalue weighted by Crippen LogP contribution is -2.56. The maximum absolute atomic E-state index is 11.8. The Kier molecular flexibility index (Phi) is 4.66. The molecule has 1 saturated carbocycles. The van der Waals surface area contributed by atoms with Crippen LogP contribution in [0.2, 0.25) is 0 Å². The third-order valence-corrected chi connectivity index (χ3v) is 5.12. The van der Waals surface area contributed by atoms with Gasteiger partial charge in [-0.2, -0.15) is 0 Å². The van der Waals surface area contributed by atoms with Crippen LogP contribution in [-0.2, 0) is 4.79 Å². The van der Waals surface area contributed by atoms with Crippen molar-refractivity contribution in [3.05, 3.63) is 0 Å². The second kappa shape index (κ2) is 6.05. The standard InChI is InChI=1S/C15H27NO2/c1-2-13-7-9-15(10-8-13,14(17)18)16-11-5-3-4-6-12-16/h13H,2-12H2,1H3,(H,17,18). The molecule has 18 heavy (non-hydrogen) atoms. The van der Waals surface area contributed by atoms with Gasteiger partial charge >= 0.3 is 5.97 Å². The number of aliphatic carboxylic acids is 1. The second-order valence-electron chi connectivity index (χ2n) is 6.09. The van der Waals surface area contributed by atoms with Gasteiger partial charge in [0.2, 0.25) is 0 Å². The molecule has 0 aromatic carbocycles. The molecule has 1 N–H and O–H groups in total. The Morgan fingerprint density at radius 3 is 2.17 bits per heavy atom. The molecule has 1 aliphatic heterocycles. The van der Waals surface area contributed by atoms with E-state index in [0.717, 1.165) is 44.7 Å². The SMILES string of the molecule is CCC1CCC(C(=O)O)(N2CCCCCC2)CC1. The Bertz CT molecular complexity index is 274. The minimum absolute atomic E-state index is 0.532. The Morgan fingerprint density at radius 1 is 1.17 bits per heavy atom. The van der Waals surface area contributed by atoms with Crippen molar-refractivity contribution in [1.82, 2.24) is 4.90 Å². The van der Waals surface area contributed by atoms with Crippen LogP contribution < -0.4 is 0 Å². The van der Waals surface area contributed by atoms with Crippen LogP contribution in [0.1, 0.15) is 64.7 Å². The summed E-state index contributed by atoms with van der Waals surface area (Å²) in [5.41, 5.74) is -0.532. The van der Waals surface area contributed by atoms with Crippen molar-refractivity contribution in [3.8, 4) is 0 Å². The van der Waals surface area contributed by atoms with E-state index in [1.807, 2.05) is 0 Å². The average molecular weight is 253 g/mol. The number of nitrogens with zero attached hydrogens (tertiary/aromatic N) is 1. The molecule has 1 heterocycles. The van der Waals surface area contributed by atoms with Crippen molar-refractivity contribution in [2.75, 3.05) is 13.1 Å². The van der Waals surface area contributed by atoms with Crippen LogP contribution in [-0.4, -0.2) is 34.6 Å². The zero-order valence-electron chi connectivity index (χ0n) is 11.7. The fourth-order valence-electron chi connectivity index (χ4n) is 3.73. The predicted octanol–water partition coefficient (Wildman–Crippen LogP) is 3.29. The van der Waals surface area contributed by atoms with Crippen LogP contribution in [0.3, 0.4) is 0 Å². The van der Waals surface area contributed by atoms with E-state index in [-0.39, 0.29) is 0 Å². The lowest BCUT2D eigenvalue weighted by Gasteiger charge is -2.44. The van der Waals surface area contributed by atoms with Crippen molar-refractivity contribution in [2.24, 2.45) is 5.92 Å². The van der Waals surface area contributed by atoms with Gasteiger partial charge in [0, 0.05) is 0 Å². The summed E-state index contributed by atoms with van der Waals surface area (Å²) >= 11 is 0. The fraction of sp³-hybridized carbons (Fsp3) is 0.933. The van der Waals surface area contributed by atoms with Crippen molar-refractivity contribution in [1.29, 1.82) is 0 Å². The number of likely N-dealkylation sites (tertiary alicyclic amines) is 1. The van der Waals surface area contributed by atoms with E-state index in [4.69, 9.17) is 0 Å². The minimum Gasteiger partial charge on any atom is -0.480 e. The molecule has 0 unspecified atom stereocenters. The number of carboxylic acids is 1. The van der Waals surface area contributed by atoms with Crippen molar-refractivity contribution in [3.63, 3.8) is 0 Å². The predicted molar refractivity (Wildman–Crippen MR) is 72.7 cm³/mol. The normalized spacial score (nSPS) is 35.1. The van der Waals surface area contributed by atoms with E-state index in [0.29, 0.717) is 0 Å². The van der Waals surface area contributed by atoms with E-state index in [9.17, 15) is 9.90 Å². The third-order valence-electron chi connectivity index (χ3n) is 5.12. The largest absolute Gasteiger partial charge is 0.480 e. The summed E-state index contributed by atoms with van der Waals surface area (Å²) < 4.78 is 0. The lowest BCUT2D eigenvalue weighted by molar-refractivity contribution is -0.155. The van der Waals surface area contributed by atoms with Gasteiger partial charge < -0.3 is 5.11 Å². The zero-order valence-corrected chi connectivity index (χ0v) is 11.7. The molecular weight excluding hydrogens is 226 g/mol. The Balaban J connectivity index is 2.09. The number of carboxylic acid groups (broad SMARTS) is 1. The van der Waals surface area contributed by atoms with Crippen LogP contribution in [0, 0.1) is 5.92 Å². The summed E-state index contributed by atoms with van der Waals surface area (Å²) in [4.78, 5) is 14.1. The summed E-state index contributed by atoms with van der Waals surface area (Å²) in [6.07, 6.45) is 10.0. The van der Waals surface area contributed by atoms with Crippen LogP contribution in [0.25, 0.3) is 0 Å². The summed E-state index contributed by atoms with van der Waals surface area (Å²) in [6.45, 7) is 4.20. The molecule has 0 bridgehead atoms. The monoisotopic (exact) mass is 253 g/mol. The van der Waals surface area contributed by atoms with Gasteiger partial charge in [-0.3, -0.25) is 9.69 Å². The fourth-order valence-corrected chi connectivity index (χ4v) is 3.73. The van der Waals surface area contributed by atoms with Gasteiger partial charge in [0.05, 0.1) is 0 Å². The number of rotatable bonds is 3. The van der Waals surface area contributed by atoms with Crippen LogP contribution in [0.15, 0.2) is 0 Å². The van der Waals surface area contributed by atoms with Gasteiger partial charge in [0.1, 0.15) is 5.54 Å². The highest BCUT2D eigenvalue weighted by Gasteiger charge is 2.46. The first-order valence-electron chi connectivity index (χ1n) is 7.67. The Morgan fingerprint density at radius 2 is 1.72 bits per heavy atom. The number of carbonyl (C=O) groups is 1. The topological polar surface area (TPSA) is 40.5 Å². The molecule has 0 atom stereocenters. The van der Waals surface area contributed by atoms with E-state index in [1.54, 1.807) is 0 Å². The number of hydrogen-bond donors (Lipinski definition) is 1. The highest BCUT2D eigenvalue weighted by molar-refractivity contribution is 5.79. The van der Waals surface area contributed by atoms with Gasteiger partial charge in [0.25, 0.3) is 0 Å². The summed E-state index contributed by atoms with van der Waals surface area (Å²) in [5, 5.41) is 9.75. The maximum Gasteiger partial charge on any atom is 0.324 e.